The average molecular weight is 523 g/mol. The first kappa shape index (κ1) is 28.1. The van der Waals surface area contributed by atoms with Crippen molar-refractivity contribution in [1.82, 2.24) is 9.97 Å². The summed E-state index contributed by atoms with van der Waals surface area (Å²) < 4.78 is 0. The number of hydrogen-bond donors (Lipinski definition) is 3. The van der Waals surface area contributed by atoms with E-state index < -0.39 is 0 Å². The molecule has 6 heteroatoms. The van der Waals surface area contributed by atoms with Crippen LogP contribution < -0.4 is 16.8 Å². The maximum atomic E-state index is 6.47. The predicted molar refractivity (Wildman–Crippen MR) is 168 cm³/mol. The topological polar surface area (TPSA) is 102 Å². The van der Waals surface area contributed by atoms with Crippen LogP contribution in [-0.2, 0) is 0 Å². The van der Waals surface area contributed by atoms with E-state index in [1.54, 1.807) is 0 Å². The molecule has 0 fully saturated rings. The van der Waals surface area contributed by atoms with Crippen LogP contribution >= 0.6 is 0 Å². The van der Waals surface area contributed by atoms with Crippen LogP contribution in [0.25, 0.3) is 22.0 Å². The van der Waals surface area contributed by atoms with Crippen molar-refractivity contribution < 1.29 is 0 Å². The fourth-order valence-corrected chi connectivity index (χ4v) is 5.37. The molecule has 204 valence electrons. The zero-order chi connectivity index (χ0) is 28.4. The number of aromatic nitrogens is 2. The van der Waals surface area contributed by atoms with Gasteiger partial charge >= 0.3 is 0 Å². The van der Waals surface area contributed by atoms with Crippen LogP contribution in [0.1, 0.15) is 77.0 Å². The highest BCUT2D eigenvalue weighted by molar-refractivity contribution is 6.02. The molecule has 1 aromatic heterocycles. The zero-order valence-corrected chi connectivity index (χ0v) is 24.6. The standard InChI is InChI=1S/C33H42N6/c1-9-18(3)11-20(5)24-12-22(7)30(23(8)13-24)26-15-25(34)16-27-31(26)38-33(39-32(27)35)37-29-14-21(6)28(17-36-29)19(4)10-2/h11-17,20-21H,9-10,34H2,1-8H3,(H3,35,37,38,39)/b18-11+,28-19+. The van der Waals surface area contributed by atoms with E-state index in [4.69, 9.17) is 16.5 Å². The molecule has 4 rings (SSSR count). The summed E-state index contributed by atoms with van der Waals surface area (Å²) in [4.78, 5) is 14.1. The van der Waals surface area contributed by atoms with Gasteiger partial charge in [-0.3, -0.25) is 0 Å². The van der Waals surface area contributed by atoms with Gasteiger partial charge in [-0.05, 0) is 92.5 Å². The summed E-state index contributed by atoms with van der Waals surface area (Å²) in [5.74, 6) is 2.10. The van der Waals surface area contributed by atoms with Gasteiger partial charge in [0, 0.05) is 28.8 Å². The molecule has 39 heavy (non-hydrogen) atoms. The number of benzene rings is 2. The van der Waals surface area contributed by atoms with Gasteiger partial charge in [-0.2, -0.15) is 4.98 Å². The Morgan fingerprint density at radius 3 is 2.33 bits per heavy atom. The summed E-state index contributed by atoms with van der Waals surface area (Å²) in [6.07, 6.45) is 8.46. The molecule has 2 aromatic carbocycles. The molecule has 0 amide bonds. The number of aliphatic imine (C=N–C) groups is 1. The molecule has 0 spiro atoms. The molecule has 2 atom stereocenters. The van der Waals surface area contributed by atoms with Gasteiger partial charge in [-0.25, -0.2) is 9.98 Å². The van der Waals surface area contributed by atoms with Crippen molar-refractivity contribution in [2.75, 3.05) is 16.8 Å². The van der Waals surface area contributed by atoms with Crippen LogP contribution in [0.15, 0.2) is 64.0 Å². The first-order chi connectivity index (χ1) is 18.5. The molecular formula is C33H42N6. The smallest absolute Gasteiger partial charge is 0.230 e. The predicted octanol–water partition coefficient (Wildman–Crippen LogP) is 8.24. The lowest BCUT2D eigenvalue weighted by molar-refractivity contribution is 0.851. The number of hydrogen-bond acceptors (Lipinski definition) is 6. The molecule has 0 saturated heterocycles. The Kier molecular flexibility index (Phi) is 8.24. The van der Waals surface area contributed by atoms with Crippen molar-refractivity contribution >= 4 is 34.6 Å². The van der Waals surface area contributed by atoms with Gasteiger partial charge in [0.25, 0.3) is 0 Å². The quantitative estimate of drug-likeness (QED) is 0.214. The van der Waals surface area contributed by atoms with E-state index in [0.717, 1.165) is 34.9 Å². The van der Waals surface area contributed by atoms with Gasteiger partial charge in [0.05, 0.1) is 5.52 Å². The number of rotatable bonds is 7. The Bertz CT molecular complexity index is 1520. The second kappa shape index (κ2) is 11.4. The summed E-state index contributed by atoms with van der Waals surface area (Å²) in [7, 11) is 0. The normalized spacial score (nSPS) is 17.8. The van der Waals surface area contributed by atoms with Crippen molar-refractivity contribution in [2.24, 2.45) is 10.9 Å². The Morgan fingerprint density at radius 1 is 1.03 bits per heavy atom. The molecule has 1 aliphatic rings. The van der Waals surface area contributed by atoms with E-state index in [2.05, 4.69) is 95.0 Å². The van der Waals surface area contributed by atoms with Crippen LogP contribution in [0.5, 0.6) is 0 Å². The van der Waals surface area contributed by atoms with Crippen LogP contribution in [-0.4, -0.2) is 16.2 Å². The molecule has 0 aliphatic carbocycles. The summed E-state index contributed by atoms with van der Waals surface area (Å²) in [6, 6.07) is 8.39. The molecule has 6 nitrogen and oxygen atoms in total. The molecule has 0 radical (unpaired) electrons. The van der Waals surface area contributed by atoms with E-state index in [9.17, 15) is 0 Å². The molecule has 2 unspecified atom stereocenters. The first-order valence-electron chi connectivity index (χ1n) is 13.9. The molecule has 0 saturated carbocycles. The highest BCUT2D eigenvalue weighted by atomic mass is 15.2. The van der Waals surface area contributed by atoms with Crippen LogP contribution in [0, 0.1) is 19.8 Å². The van der Waals surface area contributed by atoms with Gasteiger partial charge in [-0.15, -0.1) is 0 Å². The lowest BCUT2D eigenvalue weighted by atomic mass is 9.88. The third-order valence-electron chi connectivity index (χ3n) is 7.80. The van der Waals surface area contributed by atoms with Gasteiger partial charge in [-0.1, -0.05) is 57.0 Å². The Balaban J connectivity index is 1.79. The van der Waals surface area contributed by atoms with E-state index >= 15 is 0 Å². The molecular weight excluding hydrogens is 480 g/mol. The second-order valence-corrected chi connectivity index (χ2v) is 10.9. The van der Waals surface area contributed by atoms with E-state index in [1.165, 1.54) is 33.4 Å². The van der Waals surface area contributed by atoms with Crippen molar-refractivity contribution in [3.63, 3.8) is 0 Å². The summed E-state index contributed by atoms with van der Waals surface area (Å²) in [5.41, 5.74) is 24.0. The summed E-state index contributed by atoms with van der Waals surface area (Å²) in [5, 5.41) is 4.03. The number of nitrogens with two attached hydrogens (primary N) is 2. The SMILES string of the molecule is CC/C(C)=C1\C=NC(Nc2nc(N)c3cc(N)cc(-c4c(C)cc(C(C)/C=C(\C)CC)cc4C)c3n2)=CC1C. The third-order valence-corrected chi connectivity index (χ3v) is 7.80. The Hall–Kier alpha value is -3.93. The number of nitrogen functional groups attached to an aromatic ring is 2. The van der Waals surface area contributed by atoms with E-state index in [0.29, 0.717) is 29.2 Å². The average Bonchev–Trinajstić information content (AvgIpc) is 2.88. The van der Waals surface area contributed by atoms with Crippen molar-refractivity contribution in [2.45, 2.75) is 74.1 Å². The van der Waals surface area contributed by atoms with Gasteiger partial charge in [0.15, 0.2) is 0 Å². The van der Waals surface area contributed by atoms with Crippen LogP contribution in [0.4, 0.5) is 17.5 Å². The highest BCUT2D eigenvalue weighted by Gasteiger charge is 2.19. The lowest BCUT2D eigenvalue weighted by Gasteiger charge is -2.19. The monoisotopic (exact) mass is 522 g/mol. The number of allylic oxidation sites excluding steroid dienone is 5. The van der Waals surface area contributed by atoms with E-state index in [1.807, 2.05) is 18.3 Å². The third kappa shape index (κ3) is 5.90. The number of nitrogens with one attached hydrogen (secondary N) is 1. The number of nitrogens with zero attached hydrogens (tertiary/aromatic N) is 3. The molecule has 3 aromatic rings. The molecule has 1 aliphatic heterocycles. The Morgan fingerprint density at radius 2 is 1.72 bits per heavy atom. The number of fused-ring (bicyclic) bond motifs is 1. The Labute approximate surface area is 233 Å². The van der Waals surface area contributed by atoms with Crippen molar-refractivity contribution in [3.05, 3.63) is 75.6 Å². The lowest BCUT2D eigenvalue weighted by Crippen LogP contribution is -2.12. The maximum Gasteiger partial charge on any atom is 0.230 e. The maximum absolute atomic E-state index is 6.47. The van der Waals surface area contributed by atoms with Crippen LogP contribution in [0.3, 0.4) is 0 Å². The largest absolute Gasteiger partial charge is 0.399 e. The van der Waals surface area contributed by atoms with Gasteiger partial charge in [0.1, 0.15) is 11.6 Å². The highest BCUT2D eigenvalue weighted by Crippen LogP contribution is 2.38. The fourth-order valence-electron chi connectivity index (χ4n) is 5.37. The molecule has 2 heterocycles. The van der Waals surface area contributed by atoms with E-state index in [-0.39, 0.29) is 5.92 Å². The summed E-state index contributed by atoms with van der Waals surface area (Å²) in [6.45, 7) is 17.4. The second-order valence-electron chi connectivity index (χ2n) is 10.9. The first-order valence-corrected chi connectivity index (χ1v) is 13.9. The summed E-state index contributed by atoms with van der Waals surface area (Å²) >= 11 is 0. The number of aryl methyl sites for hydroxylation is 2. The molecule has 0 bridgehead atoms. The molecule has 5 N–H and O–H groups in total. The van der Waals surface area contributed by atoms with Crippen molar-refractivity contribution in [1.29, 1.82) is 0 Å². The number of anilines is 3. The van der Waals surface area contributed by atoms with Gasteiger partial charge in [0.2, 0.25) is 5.95 Å². The zero-order valence-electron chi connectivity index (χ0n) is 24.6. The van der Waals surface area contributed by atoms with Crippen molar-refractivity contribution in [3.8, 4) is 11.1 Å². The minimum Gasteiger partial charge on any atom is -0.399 e. The van der Waals surface area contributed by atoms with Crippen LogP contribution in [0.2, 0.25) is 0 Å². The fraction of sp³-hybridized carbons (Fsp3) is 0.364. The minimum absolute atomic E-state index is 0.250. The minimum atomic E-state index is 0.250. The van der Waals surface area contributed by atoms with Gasteiger partial charge < -0.3 is 16.8 Å².